The molecule has 33 heavy (non-hydrogen) atoms. The Morgan fingerprint density at radius 2 is 1.85 bits per heavy atom. The van der Waals surface area contributed by atoms with Gasteiger partial charge in [0.05, 0.1) is 12.3 Å². The second kappa shape index (κ2) is 11.7. The van der Waals surface area contributed by atoms with E-state index in [1.54, 1.807) is 0 Å². The van der Waals surface area contributed by atoms with Gasteiger partial charge in [0, 0.05) is 32.6 Å². The van der Waals surface area contributed by atoms with Crippen LogP contribution in [-0.4, -0.2) is 61.8 Å². The third kappa shape index (κ3) is 6.37. The minimum Gasteiger partial charge on any atom is -0.342 e. The molecule has 0 spiro atoms. The van der Waals surface area contributed by atoms with Gasteiger partial charge in [-0.3, -0.25) is 9.59 Å². The number of hydrogen-bond acceptors (Lipinski definition) is 5. The Bertz CT molecular complexity index is 924. The average molecular weight is 470 g/mol. The highest BCUT2D eigenvalue weighted by Gasteiger charge is 2.24. The third-order valence-electron chi connectivity index (χ3n) is 6.77. The summed E-state index contributed by atoms with van der Waals surface area (Å²) in [5.41, 5.74) is 1.38. The third-order valence-corrected chi connectivity index (χ3v) is 7.72. The van der Waals surface area contributed by atoms with Gasteiger partial charge in [-0.1, -0.05) is 48.5 Å². The number of benzene rings is 1. The molecule has 0 atom stereocenters. The zero-order valence-electron chi connectivity index (χ0n) is 19.6. The molecule has 8 heteroatoms. The number of nitrogens with zero attached hydrogens (tertiary/aromatic N) is 5. The van der Waals surface area contributed by atoms with Crippen molar-refractivity contribution >= 4 is 23.6 Å². The van der Waals surface area contributed by atoms with Crippen LogP contribution in [0.4, 0.5) is 0 Å². The number of thioether (sulfide) groups is 1. The molecular formula is C25H35N5O2S. The van der Waals surface area contributed by atoms with Gasteiger partial charge in [0.1, 0.15) is 0 Å². The Balaban J connectivity index is 1.26. The first-order valence-electron chi connectivity index (χ1n) is 12.3. The molecule has 2 aliphatic rings. The number of aromatic nitrogens is 3. The number of rotatable bonds is 8. The standard InChI is InChI=1S/C25H35N5O2S/c1-2-30-22(18-29-14-8-4-7-11-23(29)31)26-27-25(30)33-19-24(32)28-15-12-21(13-16-28)17-20-9-5-3-6-10-20/h3,5-6,9-10,21H,2,4,7-8,11-19H2,1H3. The monoisotopic (exact) mass is 469 g/mol. The Morgan fingerprint density at radius 3 is 2.61 bits per heavy atom. The lowest BCUT2D eigenvalue weighted by Crippen LogP contribution is -2.39. The van der Waals surface area contributed by atoms with Crippen molar-refractivity contribution in [1.82, 2.24) is 24.6 Å². The van der Waals surface area contributed by atoms with Gasteiger partial charge in [-0.25, -0.2) is 0 Å². The van der Waals surface area contributed by atoms with Crippen LogP contribution in [0.15, 0.2) is 35.5 Å². The van der Waals surface area contributed by atoms with Crippen molar-refractivity contribution in [2.24, 2.45) is 5.92 Å². The fourth-order valence-electron chi connectivity index (χ4n) is 4.79. The smallest absolute Gasteiger partial charge is 0.233 e. The molecule has 3 heterocycles. The Hall–Kier alpha value is -2.35. The van der Waals surface area contributed by atoms with E-state index in [0.717, 1.165) is 75.7 Å². The fraction of sp³-hybridized carbons (Fsp3) is 0.600. The van der Waals surface area contributed by atoms with Crippen molar-refractivity contribution in [2.75, 3.05) is 25.4 Å². The molecule has 0 aliphatic carbocycles. The van der Waals surface area contributed by atoms with Crippen LogP contribution in [-0.2, 0) is 29.1 Å². The van der Waals surface area contributed by atoms with Crippen LogP contribution in [0.3, 0.4) is 0 Å². The fourth-order valence-corrected chi connectivity index (χ4v) is 5.71. The van der Waals surface area contributed by atoms with Crippen LogP contribution >= 0.6 is 11.8 Å². The van der Waals surface area contributed by atoms with Crippen molar-refractivity contribution in [3.63, 3.8) is 0 Å². The molecule has 0 unspecified atom stereocenters. The van der Waals surface area contributed by atoms with Crippen LogP contribution in [0, 0.1) is 5.92 Å². The minimum atomic E-state index is 0.174. The Morgan fingerprint density at radius 1 is 1.06 bits per heavy atom. The molecule has 1 aromatic carbocycles. The predicted molar refractivity (Wildman–Crippen MR) is 130 cm³/mol. The SMILES string of the molecule is CCn1c(CN2CCCCCC2=O)nnc1SCC(=O)N1CCC(Cc2ccccc2)CC1. The lowest BCUT2D eigenvalue weighted by molar-refractivity contribution is -0.131. The molecule has 2 aromatic rings. The molecule has 2 fully saturated rings. The maximum atomic E-state index is 12.8. The highest BCUT2D eigenvalue weighted by atomic mass is 32.2. The van der Waals surface area contributed by atoms with E-state index in [4.69, 9.17) is 0 Å². The molecule has 0 saturated carbocycles. The Kier molecular flexibility index (Phi) is 8.42. The lowest BCUT2D eigenvalue weighted by atomic mass is 9.90. The van der Waals surface area contributed by atoms with E-state index < -0.39 is 0 Å². The number of piperidine rings is 1. The van der Waals surface area contributed by atoms with Gasteiger partial charge in [0.25, 0.3) is 0 Å². The maximum Gasteiger partial charge on any atom is 0.233 e. The van der Waals surface area contributed by atoms with Crippen molar-refractivity contribution in [1.29, 1.82) is 0 Å². The van der Waals surface area contributed by atoms with Gasteiger partial charge in [-0.05, 0) is 50.5 Å². The second-order valence-corrected chi connectivity index (χ2v) is 10.0. The second-order valence-electron chi connectivity index (χ2n) is 9.07. The maximum absolute atomic E-state index is 12.8. The van der Waals surface area contributed by atoms with Crippen molar-refractivity contribution in [3.05, 3.63) is 41.7 Å². The van der Waals surface area contributed by atoms with Crippen LogP contribution < -0.4 is 0 Å². The normalized spacial score (nSPS) is 17.9. The zero-order chi connectivity index (χ0) is 23.0. The van der Waals surface area contributed by atoms with Gasteiger partial charge in [-0.15, -0.1) is 10.2 Å². The van der Waals surface area contributed by atoms with Crippen LogP contribution in [0.2, 0.25) is 0 Å². The van der Waals surface area contributed by atoms with E-state index in [1.807, 2.05) is 14.4 Å². The van der Waals surface area contributed by atoms with Crippen LogP contribution in [0.1, 0.15) is 56.8 Å². The summed E-state index contributed by atoms with van der Waals surface area (Å²) in [7, 11) is 0. The summed E-state index contributed by atoms with van der Waals surface area (Å²) < 4.78 is 2.04. The van der Waals surface area contributed by atoms with Gasteiger partial charge < -0.3 is 14.4 Å². The Labute approximate surface area is 200 Å². The highest BCUT2D eigenvalue weighted by Crippen LogP contribution is 2.24. The van der Waals surface area contributed by atoms with Crippen molar-refractivity contribution in [3.8, 4) is 0 Å². The van der Waals surface area contributed by atoms with E-state index >= 15 is 0 Å². The molecule has 0 radical (unpaired) electrons. The molecule has 2 aliphatic heterocycles. The number of amides is 2. The van der Waals surface area contributed by atoms with E-state index in [1.165, 1.54) is 17.3 Å². The molecule has 1 aromatic heterocycles. The van der Waals surface area contributed by atoms with Gasteiger partial charge in [-0.2, -0.15) is 0 Å². The van der Waals surface area contributed by atoms with Crippen LogP contribution in [0.5, 0.6) is 0 Å². The van der Waals surface area contributed by atoms with Gasteiger partial charge in [0.15, 0.2) is 11.0 Å². The average Bonchev–Trinajstić information content (AvgIpc) is 3.12. The van der Waals surface area contributed by atoms with E-state index in [-0.39, 0.29) is 11.8 Å². The number of hydrogen-bond donors (Lipinski definition) is 0. The first-order chi connectivity index (χ1) is 16.1. The lowest BCUT2D eigenvalue weighted by Gasteiger charge is -2.32. The van der Waals surface area contributed by atoms with Crippen molar-refractivity contribution in [2.45, 2.75) is 70.1 Å². The zero-order valence-corrected chi connectivity index (χ0v) is 20.4. The molecule has 7 nitrogen and oxygen atoms in total. The summed E-state index contributed by atoms with van der Waals surface area (Å²) in [6.07, 6.45) is 6.97. The molecule has 2 saturated heterocycles. The summed E-state index contributed by atoms with van der Waals surface area (Å²) >= 11 is 1.46. The number of likely N-dealkylation sites (tertiary alicyclic amines) is 2. The first kappa shape index (κ1) is 23.8. The van der Waals surface area contributed by atoms with E-state index in [0.29, 0.717) is 24.6 Å². The first-order valence-corrected chi connectivity index (χ1v) is 13.3. The molecule has 2 amide bonds. The van der Waals surface area contributed by atoms with Crippen molar-refractivity contribution < 1.29 is 9.59 Å². The summed E-state index contributed by atoms with van der Waals surface area (Å²) in [5.74, 6) is 2.22. The topological polar surface area (TPSA) is 71.3 Å². The molecular weight excluding hydrogens is 434 g/mol. The van der Waals surface area contributed by atoms with Crippen LogP contribution in [0.25, 0.3) is 0 Å². The van der Waals surface area contributed by atoms with Gasteiger partial charge >= 0.3 is 0 Å². The molecule has 0 bridgehead atoms. The van der Waals surface area contributed by atoms with Gasteiger partial charge in [0.2, 0.25) is 11.8 Å². The summed E-state index contributed by atoms with van der Waals surface area (Å²) in [6.45, 7) is 5.74. The summed E-state index contributed by atoms with van der Waals surface area (Å²) in [4.78, 5) is 29.1. The van der Waals surface area contributed by atoms with E-state index in [2.05, 4.69) is 47.5 Å². The number of carbonyl (C=O) groups excluding carboxylic acids is 2. The molecule has 178 valence electrons. The summed E-state index contributed by atoms with van der Waals surface area (Å²) in [6, 6.07) is 10.6. The molecule has 4 rings (SSSR count). The number of carbonyl (C=O) groups is 2. The quantitative estimate of drug-likeness (QED) is 0.551. The summed E-state index contributed by atoms with van der Waals surface area (Å²) in [5, 5.41) is 9.47. The minimum absolute atomic E-state index is 0.174. The predicted octanol–water partition coefficient (Wildman–Crippen LogP) is 3.77. The largest absolute Gasteiger partial charge is 0.342 e. The molecule has 0 N–H and O–H groups in total. The highest BCUT2D eigenvalue weighted by molar-refractivity contribution is 7.99. The van der Waals surface area contributed by atoms with E-state index in [9.17, 15) is 9.59 Å².